The zero-order valence-corrected chi connectivity index (χ0v) is 7.71. The number of nitrogens with two attached hydrogens (primary N) is 1. The van der Waals surface area contributed by atoms with E-state index in [4.69, 9.17) is 17.3 Å². The summed E-state index contributed by atoms with van der Waals surface area (Å²) < 4.78 is 0.882. The van der Waals surface area contributed by atoms with Gasteiger partial charge in [-0.05, 0) is 30.9 Å². The van der Waals surface area contributed by atoms with E-state index in [-0.39, 0.29) is 6.04 Å². The third-order valence-corrected chi connectivity index (χ3v) is 3.47. The average Bonchev–Trinajstić information content (AvgIpc) is 2.31. The molecule has 0 radical (unpaired) electrons. The summed E-state index contributed by atoms with van der Waals surface area (Å²) in [6, 6.07) is 2.26. The van der Waals surface area contributed by atoms with Crippen LogP contribution in [0.25, 0.3) is 0 Å². The molecule has 0 saturated heterocycles. The fraction of sp³-hybridized carbons (Fsp3) is 0.500. The van der Waals surface area contributed by atoms with Crippen molar-refractivity contribution in [2.24, 2.45) is 5.73 Å². The van der Waals surface area contributed by atoms with Gasteiger partial charge in [-0.1, -0.05) is 11.6 Å². The van der Waals surface area contributed by atoms with Crippen LogP contribution in [0.1, 0.15) is 29.3 Å². The standard InChI is InChI=1S/C8H10ClNS/c9-8-4-5-6(10)2-1-3-7(5)11-8/h4,6H,1-3,10H2/t6-/m0/s1. The van der Waals surface area contributed by atoms with Crippen molar-refractivity contribution in [2.75, 3.05) is 0 Å². The van der Waals surface area contributed by atoms with Crippen molar-refractivity contribution >= 4 is 22.9 Å². The number of aryl methyl sites for hydroxylation is 1. The Morgan fingerprint density at radius 2 is 2.45 bits per heavy atom. The summed E-state index contributed by atoms with van der Waals surface area (Å²) in [6.45, 7) is 0. The lowest BCUT2D eigenvalue weighted by Gasteiger charge is -2.17. The molecule has 11 heavy (non-hydrogen) atoms. The normalized spacial score (nSPS) is 23.3. The summed E-state index contributed by atoms with van der Waals surface area (Å²) in [7, 11) is 0. The van der Waals surface area contributed by atoms with E-state index in [0.717, 1.165) is 10.8 Å². The molecule has 0 fully saturated rings. The molecule has 1 nitrogen and oxygen atoms in total. The summed E-state index contributed by atoms with van der Waals surface area (Å²) in [5.74, 6) is 0. The Hall–Kier alpha value is -0.0500. The highest BCUT2D eigenvalue weighted by Gasteiger charge is 2.18. The molecule has 2 N–H and O–H groups in total. The van der Waals surface area contributed by atoms with Crippen LogP contribution < -0.4 is 5.73 Å². The maximum atomic E-state index is 5.91. The molecule has 1 aliphatic carbocycles. The summed E-state index contributed by atoms with van der Waals surface area (Å²) in [5.41, 5.74) is 7.19. The zero-order chi connectivity index (χ0) is 7.84. The Morgan fingerprint density at radius 3 is 3.18 bits per heavy atom. The van der Waals surface area contributed by atoms with Crippen molar-refractivity contribution in [1.29, 1.82) is 0 Å². The van der Waals surface area contributed by atoms with E-state index in [1.807, 2.05) is 6.07 Å². The average molecular weight is 188 g/mol. The zero-order valence-electron chi connectivity index (χ0n) is 6.14. The Morgan fingerprint density at radius 1 is 1.64 bits per heavy atom. The highest BCUT2D eigenvalue weighted by molar-refractivity contribution is 7.16. The molecule has 0 amide bonds. The van der Waals surface area contributed by atoms with Crippen molar-refractivity contribution in [3.8, 4) is 0 Å². The van der Waals surface area contributed by atoms with E-state index in [2.05, 4.69) is 0 Å². The topological polar surface area (TPSA) is 26.0 Å². The largest absolute Gasteiger partial charge is 0.324 e. The number of hydrogen-bond acceptors (Lipinski definition) is 2. The number of thiophene rings is 1. The second-order valence-corrected chi connectivity index (χ2v) is 4.70. The van der Waals surface area contributed by atoms with Gasteiger partial charge in [0.1, 0.15) is 0 Å². The third kappa shape index (κ3) is 1.31. The molecule has 1 aromatic rings. The first-order chi connectivity index (χ1) is 5.27. The summed E-state index contributed by atoms with van der Waals surface area (Å²) in [4.78, 5) is 1.40. The van der Waals surface area contributed by atoms with Crippen LogP contribution in [-0.4, -0.2) is 0 Å². The molecular formula is C8H10ClNS. The Balaban J connectivity index is 2.43. The van der Waals surface area contributed by atoms with Crippen molar-refractivity contribution in [1.82, 2.24) is 0 Å². The van der Waals surface area contributed by atoms with Gasteiger partial charge in [-0.25, -0.2) is 0 Å². The molecule has 0 aromatic carbocycles. The first-order valence-corrected chi connectivity index (χ1v) is 5.00. The fourth-order valence-corrected chi connectivity index (χ4v) is 2.95. The van der Waals surface area contributed by atoms with Gasteiger partial charge in [0, 0.05) is 10.9 Å². The SMILES string of the molecule is N[C@H]1CCCc2sc(Cl)cc21. The fourth-order valence-electron chi connectivity index (χ4n) is 1.56. The van der Waals surface area contributed by atoms with E-state index in [9.17, 15) is 0 Å². The Kier molecular flexibility index (Phi) is 1.91. The minimum absolute atomic E-state index is 0.238. The molecule has 1 atom stereocenters. The summed E-state index contributed by atoms with van der Waals surface area (Å²) in [6.07, 6.45) is 3.49. The molecule has 2 rings (SSSR count). The third-order valence-electron chi connectivity index (χ3n) is 2.13. The number of halogens is 1. The van der Waals surface area contributed by atoms with E-state index in [1.54, 1.807) is 11.3 Å². The van der Waals surface area contributed by atoms with Crippen molar-refractivity contribution < 1.29 is 0 Å². The van der Waals surface area contributed by atoms with Crippen LogP contribution in [0.2, 0.25) is 4.34 Å². The number of hydrogen-bond donors (Lipinski definition) is 1. The van der Waals surface area contributed by atoms with Gasteiger partial charge in [0.2, 0.25) is 0 Å². The molecule has 0 spiro atoms. The maximum Gasteiger partial charge on any atom is 0.0934 e. The Labute approximate surface area is 75.2 Å². The minimum Gasteiger partial charge on any atom is -0.324 e. The van der Waals surface area contributed by atoms with E-state index < -0.39 is 0 Å². The smallest absolute Gasteiger partial charge is 0.0934 e. The summed E-state index contributed by atoms with van der Waals surface area (Å²) >= 11 is 7.56. The van der Waals surface area contributed by atoms with Gasteiger partial charge < -0.3 is 5.73 Å². The molecule has 0 saturated carbocycles. The van der Waals surface area contributed by atoms with Gasteiger partial charge >= 0.3 is 0 Å². The van der Waals surface area contributed by atoms with Gasteiger partial charge in [0.25, 0.3) is 0 Å². The van der Waals surface area contributed by atoms with Gasteiger partial charge in [-0.15, -0.1) is 11.3 Å². The molecule has 60 valence electrons. The van der Waals surface area contributed by atoms with Crippen LogP contribution in [-0.2, 0) is 6.42 Å². The quantitative estimate of drug-likeness (QED) is 0.664. The van der Waals surface area contributed by atoms with E-state index in [0.29, 0.717) is 0 Å². The molecule has 0 bridgehead atoms. The van der Waals surface area contributed by atoms with E-state index >= 15 is 0 Å². The van der Waals surface area contributed by atoms with Crippen LogP contribution in [0.4, 0.5) is 0 Å². The molecule has 1 heterocycles. The minimum atomic E-state index is 0.238. The monoisotopic (exact) mass is 187 g/mol. The highest BCUT2D eigenvalue weighted by atomic mass is 35.5. The van der Waals surface area contributed by atoms with E-state index in [1.165, 1.54) is 23.3 Å². The predicted octanol–water partition coefficient (Wildman–Crippen LogP) is 2.74. The first kappa shape index (κ1) is 7.59. The van der Waals surface area contributed by atoms with Crippen molar-refractivity contribution in [3.05, 3.63) is 20.8 Å². The molecule has 0 unspecified atom stereocenters. The van der Waals surface area contributed by atoms with Crippen molar-refractivity contribution in [3.63, 3.8) is 0 Å². The first-order valence-electron chi connectivity index (χ1n) is 3.81. The predicted molar refractivity (Wildman–Crippen MR) is 49.2 cm³/mol. The van der Waals surface area contributed by atoms with Crippen LogP contribution in [0.5, 0.6) is 0 Å². The van der Waals surface area contributed by atoms with Gasteiger partial charge in [0.05, 0.1) is 4.34 Å². The number of rotatable bonds is 0. The van der Waals surface area contributed by atoms with Crippen LogP contribution in [0.15, 0.2) is 6.07 Å². The molecule has 0 aliphatic heterocycles. The van der Waals surface area contributed by atoms with Gasteiger partial charge in [-0.3, -0.25) is 0 Å². The van der Waals surface area contributed by atoms with Crippen LogP contribution >= 0.6 is 22.9 Å². The lowest BCUT2D eigenvalue weighted by molar-refractivity contribution is 0.578. The maximum absolute atomic E-state index is 5.91. The molecule has 3 heteroatoms. The molecule has 1 aromatic heterocycles. The van der Waals surface area contributed by atoms with Crippen molar-refractivity contribution in [2.45, 2.75) is 25.3 Å². The highest BCUT2D eigenvalue weighted by Crippen LogP contribution is 2.36. The molecule has 1 aliphatic rings. The lowest BCUT2D eigenvalue weighted by Crippen LogP contribution is -2.14. The second kappa shape index (κ2) is 2.77. The molecular weight excluding hydrogens is 178 g/mol. The lowest BCUT2D eigenvalue weighted by atomic mass is 9.95. The van der Waals surface area contributed by atoms with Gasteiger partial charge in [-0.2, -0.15) is 0 Å². The summed E-state index contributed by atoms with van der Waals surface area (Å²) in [5, 5.41) is 0. The second-order valence-electron chi connectivity index (χ2n) is 2.93. The van der Waals surface area contributed by atoms with Crippen LogP contribution in [0, 0.1) is 0 Å². The van der Waals surface area contributed by atoms with Gasteiger partial charge in [0.15, 0.2) is 0 Å². The van der Waals surface area contributed by atoms with Crippen LogP contribution in [0.3, 0.4) is 0 Å². The number of fused-ring (bicyclic) bond motifs is 1. The Bertz CT molecular complexity index is 269.